The van der Waals surface area contributed by atoms with E-state index < -0.39 is 113 Å². The highest BCUT2D eigenvalue weighted by molar-refractivity contribution is 6.01. The van der Waals surface area contributed by atoms with E-state index in [0.717, 1.165) is 17.2 Å². The molecule has 1 saturated heterocycles. The summed E-state index contributed by atoms with van der Waals surface area (Å²) in [4.78, 5) is 71.0. The van der Waals surface area contributed by atoms with Crippen molar-refractivity contribution in [3.05, 3.63) is 107 Å². The number of aromatic amines is 1. The number of rotatable bonds is 13. The second-order valence-corrected chi connectivity index (χ2v) is 18.8. The Balaban J connectivity index is 0.910. The molecule has 15 nitrogen and oxygen atoms in total. The molecule has 3 aromatic rings. The molecule has 2 aromatic carbocycles. The molecule has 1 aliphatic heterocycles. The largest absolute Gasteiger partial charge is 0.390 e. The van der Waals surface area contributed by atoms with Crippen molar-refractivity contribution >= 4 is 35.0 Å². The lowest BCUT2D eigenvalue weighted by Gasteiger charge is -2.63. The number of hydrogen-bond donors (Lipinski definition) is 7. The summed E-state index contributed by atoms with van der Waals surface area (Å²) < 4.78 is 47.0. The van der Waals surface area contributed by atoms with Crippen LogP contribution in [-0.4, -0.2) is 104 Å². The van der Waals surface area contributed by atoms with Gasteiger partial charge in [-0.25, -0.2) is 13.8 Å². The molecule has 1 spiro atoms. The number of halogens is 2. The summed E-state index contributed by atoms with van der Waals surface area (Å²) in [5.41, 5.74) is 3.27. The van der Waals surface area contributed by atoms with Crippen molar-refractivity contribution in [1.29, 1.82) is 0 Å². The number of alkyl halides is 2. The Morgan fingerprint density at radius 3 is 2.45 bits per heavy atom. The third-order valence-electron chi connectivity index (χ3n) is 15.0. The number of benzene rings is 2. The van der Waals surface area contributed by atoms with Crippen molar-refractivity contribution < 1.29 is 52.4 Å². The zero-order valence-electron chi connectivity index (χ0n) is 36.7. The van der Waals surface area contributed by atoms with E-state index in [1.165, 1.54) is 32.3 Å². The molecule has 2 heterocycles. The van der Waals surface area contributed by atoms with E-state index in [1.807, 2.05) is 43.3 Å². The van der Waals surface area contributed by atoms with Crippen molar-refractivity contribution in [2.45, 2.75) is 120 Å². The van der Waals surface area contributed by atoms with Crippen molar-refractivity contribution in [3.63, 3.8) is 0 Å². The van der Waals surface area contributed by atoms with E-state index in [2.05, 4.69) is 25.9 Å². The first-order valence-electron chi connectivity index (χ1n) is 22.1. The zero-order valence-corrected chi connectivity index (χ0v) is 36.7. The molecule has 8 N–H and O–H groups in total. The summed E-state index contributed by atoms with van der Waals surface area (Å²) in [5, 5.41) is 30.0. The van der Waals surface area contributed by atoms with E-state index in [-0.39, 0.29) is 31.3 Å². The molecule has 3 amide bonds. The summed E-state index contributed by atoms with van der Waals surface area (Å²) in [6.07, 6.45) is 2.26. The average Bonchev–Trinajstić information content (AvgIpc) is 4.01. The number of aliphatic hydroxyl groups excluding tert-OH is 2. The molecule has 4 aliphatic carbocycles. The fraction of sp³-hybridized carbons (Fsp3) is 0.500. The number of hydrogen-bond acceptors (Lipinski definition) is 11. The van der Waals surface area contributed by atoms with Crippen LogP contribution in [0.2, 0.25) is 0 Å². The Bertz CT molecular complexity index is 2410. The lowest BCUT2D eigenvalue weighted by atomic mass is 9.44. The van der Waals surface area contributed by atoms with Crippen LogP contribution in [0, 0.1) is 22.7 Å². The molecule has 0 bridgehead atoms. The number of nitrogens with zero attached hydrogens (tertiary/aromatic N) is 1. The smallest absolute Gasteiger partial charge is 0.246 e. The number of carbonyl (C=O) groups is 5. The number of Topliss-reactive ketones (excluding diaryl/α,β-unsaturated/α-hetero) is 1. The van der Waals surface area contributed by atoms with Crippen molar-refractivity contribution in [1.82, 2.24) is 20.6 Å². The molecule has 13 atom stereocenters. The van der Waals surface area contributed by atoms with Gasteiger partial charge in [-0.15, -0.1) is 0 Å². The van der Waals surface area contributed by atoms with Gasteiger partial charge in [0.15, 0.2) is 29.6 Å². The Labute approximate surface area is 375 Å². The number of H-pyrrole nitrogens is 1. The monoisotopic (exact) mass is 898 g/mol. The highest BCUT2D eigenvalue weighted by atomic mass is 19.1. The number of nitrogens with two attached hydrogens (primary N) is 1. The lowest BCUT2D eigenvalue weighted by molar-refractivity contribution is -0.230. The molecular formula is C48H56F2N6O9. The summed E-state index contributed by atoms with van der Waals surface area (Å²) in [7, 11) is 0. The number of ketones is 2. The highest BCUT2D eigenvalue weighted by Gasteiger charge is 2.77. The summed E-state index contributed by atoms with van der Waals surface area (Å²) >= 11 is 0. The van der Waals surface area contributed by atoms with Crippen LogP contribution in [-0.2, 0) is 46.3 Å². The Morgan fingerprint density at radius 2 is 1.74 bits per heavy atom. The van der Waals surface area contributed by atoms with Gasteiger partial charge in [0.1, 0.15) is 30.5 Å². The maximum absolute atomic E-state index is 17.8. The molecule has 0 radical (unpaired) electrons. The minimum absolute atomic E-state index is 0.0312. The quantitative estimate of drug-likeness (QED) is 0.131. The average molecular weight is 899 g/mol. The number of aromatic nitrogens is 2. The van der Waals surface area contributed by atoms with Gasteiger partial charge in [-0.1, -0.05) is 49.4 Å². The van der Waals surface area contributed by atoms with Crippen LogP contribution >= 0.6 is 0 Å². The SMILES string of the molecule is C[C@H](NC(=O)[C@H](C)NC(=O)[C@@H](N)Cc1cnc[nH]1)C(=O)Nc1cccc(Cc2ccc([C@@H]3O[C@@H](C(=O)CO)[C@]4(CC[C@H]5[C@@H]6C[C@H](F)C7=CC(=O)C=C[C@]7(C)[C@@]6(F)[C@@H](O)C[C@@]54C)O3)cc2)c1. The number of nitrogens with one attached hydrogen (secondary N) is 4. The molecule has 346 valence electrons. The maximum atomic E-state index is 17.8. The van der Waals surface area contributed by atoms with Crippen LogP contribution < -0.4 is 21.7 Å². The van der Waals surface area contributed by atoms with E-state index in [4.69, 9.17) is 15.2 Å². The third-order valence-corrected chi connectivity index (χ3v) is 15.0. The van der Waals surface area contributed by atoms with E-state index in [1.54, 1.807) is 25.3 Å². The first kappa shape index (κ1) is 46.1. The third kappa shape index (κ3) is 7.94. The number of ether oxygens (including phenoxy) is 2. The Morgan fingerprint density at radius 1 is 1.02 bits per heavy atom. The minimum atomic E-state index is -2.29. The van der Waals surface area contributed by atoms with Gasteiger partial charge >= 0.3 is 0 Å². The molecule has 3 saturated carbocycles. The zero-order chi connectivity index (χ0) is 46.6. The van der Waals surface area contributed by atoms with Gasteiger partial charge < -0.3 is 46.4 Å². The minimum Gasteiger partial charge on any atom is -0.390 e. The molecule has 65 heavy (non-hydrogen) atoms. The molecule has 1 aromatic heterocycles. The number of anilines is 1. The van der Waals surface area contributed by atoms with E-state index in [0.29, 0.717) is 29.8 Å². The highest BCUT2D eigenvalue weighted by Crippen LogP contribution is 2.72. The summed E-state index contributed by atoms with van der Waals surface area (Å²) in [6.45, 7) is 5.59. The van der Waals surface area contributed by atoms with Crippen LogP contribution in [0.1, 0.15) is 82.1 Å². The maximum Gasteiger partial charge on any atom is 0.246 e. The van der Waals surface area contributed by atoms with Gasteiger partial charge in [-0.05, 0) is 99.8 Å². The van der Waals surface area contributed by atoms with Crippen molar-refractivity contribution in [2.24, 2.45) is 28.4 Å². The molecular weight excluding hydrogens is 843 g/mol. The number of aliphatic hydroxyl groups is 2. The van der Waals surface area contributed by atoms with Crippen LogP contribution in [0.15, 0.2) is 84.9 Å². The van der Waals surface area contributed by atoms with Gasteiger partial charge in [0.05, 0.1) is 18.5 Å². The number of allylic oxidation sites excluding steroid dienone is 4. The number of carbonyl (C=O) groups excluding carboxylic acids is 5. The fourth-order valence-corrected chi connectivity index (χ4v) is 11.5. The van der Waals surface area contributed by atoms with E-state index in [9.17, 15) is 34.2 Å². The number of imidazole rings is 1. The van der Waals surface area contributed by atoms with Gasteiger partial charge in [-0.2, -0.15) is 0 Å². The summed E-state index contributed by atoms with van der Waals surface area (Å²) in [6, 6.07) is 11.8. The number of fused-ring (bicyclic) bond motifs is 6. The van der Waals surface area contributed by atoms with Crippen LogP contribution in [0.3, 0.4) is 0 Å². The first-order valence-corrected chi connectivity index (χ1v) is 22.1. The second-order valence-electron chi connectivity index (χ2n) is 18.8. The molecule has 8 rings (SSSR count). The Kier molecular flexibility index (Phi) is 12.3. The van der Waals surface area contributed by atoms with Crippen LogP contribution in [0.5, 0.6) is 0 Å². The van der Waals surface area contributed by atoms with Crippen LogP contribution in [0.4, 0.5) is 14.5 Å². The topological polar surface area (TPSA) is 235 Å². The first-order chi connectivity index (χ1) is 30.8. The molecule has 17 heteroatoms. The molecule has 0 unspecified atom stereocenters. The van der Waals surface area contributed by atoms with Crippen LogP contribution in [0.25, 0.3) is 0 Å². The van der Waals surface area contributed by atoms with Gasteiger partial charge in [-0.3, -0.25) is 24.0 Å². The van der Waals surface area contributed by atoms with Crippen molar-refractivity contribution in [2.75, 3.05) is 11.9 Å². The predicted molar refractivity (Wildman–Crippen MR) is 232 cm³/mol. The molecule has 4 fully saturated rings. The fourth-order valence-electron chi connectivity index (χ4n) is 11.5. The predicted octanol–water partition coefficient (Wildman–Crippen LogP) is 3.55. The molecule has 5 aliphatic rings. The van der Waals surface area contributed by atoms with Gasteiger partial charge in [0.2, 0.25) is 17.7 Å². The Hall–Kier alpha value is -5.46. The van der Waals surface area contributed by atoms with E-state index >= 15 is 8.78 Å². The van der Waals surface area contributed by atoms with Gasteiger partial charge in [0, 0.05) is 46.3 Å². The second kappa shape index (κ2) is 17.4. The van der Waals surface area contributed by atoms with Crippen molar-refractivity contribution in [3.8, 4) is 0 Å². The van der Waals surface area contributed by atoms with Gasteiger partial charge in [0.25, 0.3) is 0 Å². The normalized spacial score (nSPS) is 33.8. The lowest BCUT2D eigenvalue weighted by Crippen LogP contribution is -2.70. The summed E-state index contributed by atoms with van der Waals surface area (Å²) in [5.74, 6) is -4.09. The number of amides is 3. The standard InChI is InChI=1S/C48H56F2N6O9/c1-25(55-43(63)37(51)18-31-22-52-24-53-31)41(61)54-26(2)42(62)56-30-7-5-6-28(17-30)16-27-8-10-29(11-9-27)44-64-40(38(59)23-57)47(65-44)15-13-33-34-20-36(49)35-19-32(58)12-14-45(35,3)48(34,50)39(60)21-46(33,47)4/h5-12,14,17,19,22,24-26,33-34,36-37,39-40,44,57,60H,13,15-16,18,20-21,23,51H2,1-4H3,(H,52,53)(H,54,61)(H,55,63)(H,56,62)/t25-,26-,33-,34-,36-,37-,39-,40-,44+,45-,46-,47-,48-/m0/s1.